The molecule has 25 heavy (non-hydrogen) atoms. The largest absolute Gasteiger partial charge is 0.0622 e. The van der Waals surface area contributed by atoms with E-state index in [9.17, 15) is 0 Å². The van der Waals surface area contributed by atoms with E-state index in [1.54, 1.807) is 0 Å². The molecule has 0 N–H and O–H groups in total. The molecule has 0 bridgehead atoms. The van der Waals surface area contributed by atoms with Gasteiger partial charge in [0.25, 0.3) is 0 Å². The summed E-state index contributed by atoms with van der Waals surface area (Å²) in [5, 5.41) is 2.63. The second-order valence-corrected chi connectivity index (χ2v) is 6.85. The minimum Gasteiger partial charge on any atom is -0.0622 e. The van der Waals surface area contributed by atoms with Crippen LogP contribution in [0.25, 0.3) is 33.0 Å². The van der Waals surface area contributed by atoms with Gasteiger partial charge in [-0.2, -0.15) is 0 Å². The highest BCUT2D eigenvalue weighted by atomic mass is 14.1. The molecule has 4 rings (SSSR count). The van der Waals surface area contributed by atoms with Gasteiger partial charge in [0.15, 0.2) is 0 Å². The van der Waals surface area contributed by atoms with Crippen molar-refractivity contribution >= 4 is 10.8 Å². The Balaban J connectivity index is 1.94. The van der Waals surface area contributed by atoms with Crippen molar-refractivity contribution in [2.45, 2.75) is 19.8 Å². The van der Waals surface area contributed by atoms with Crippen molar-refractivity contribution in [2.24, 2.45) is 0 Å². The Hall–Kier alpha value is -2.86. The summed E-state index contributed by atoms with van der Waals surface area (Å²) >= 11 is 0. The zero-order valence-electron chi connectivity index (χ0n) is 14.7. The molecular formula is C25H22. The van der Waals surface area contributed by atoms with E-state index in [2.05, 4.69) is 105 Å². The van der Waals surface area contributed by atoms with Crippen LogP contribution in [0.2, 0.25) is 0 Å². The average molecular weight is 322 g/mol. The van der Waals surface area contributed by atoms with E-state index >= 15 is 0 Å². The number of fused-ring (bicyclic) bond motifs is 1. The van der Waals surface area contributed by atoms with Crippen LogP contribution in [0, 0.1) is 0 Å². The summed E-state index contributed by atoms with van der Waals surface area (Å²) in [5.41, 5.74) is 6.52. The van der Waals surface area contributed by atoms with Crippen molar-refractivity contribution in [1.82, 2.24) is 0 Å². The second-order valence-electron chi connectivity index (χ2n) is 6.85. The Morgan fingerprint density at radius 2 is 1.24 bits per heavy atom. The van der Waals surface area contributed by atoms with Crippen LogP contribution in [0.3, 0.4) is 0 Å². The van der Waals surface area contributed by atoms with E-state index in [0.29, 0.717) is 5.92 Å². The Morgan fingerprint density at radius 1 is 0.560 bits per heavy atom. The van der Waals surface area contributed by atoms with Gasteiger partial charge in [-0.3, -0.25) is 0 Å². The fourth-order valence-corrected chi connectivity index (χ4v) is 3.48. The van der Waals surface area contributed by atoms with Crippen LogP contribution in [0.5, 0.6) is 0 Å². The molecule has 0 nitrogen and oxygen atoms in total. The molecule has 0 amide bonds. The third-order valence-electron chi connectivity index (χ3n) is 4.87. The fraction of sp³-hybridized carbons (Fsp3) is 0.120. The molecule has 4 aromatic rings. The summed E-state index contributed by atoms with van der Waals surface area (Å²) < 4.78 is 0. The molecule has 0 atom stereocenters. The quantitative estimate of drug-likeness (QED) is 0.371. The average Bonchev–Trinajstić information content (AvgIpc) is 2.67. The molecule has 0 aliphatic heterocycles. The fourth-order valence-electron chi connectivity index (χ4n) is 3.48. The maximum Gasteiger partial charge on any atom is -0.00992 e. The molecule has 0 heteroatoms. The number of hydrogen-bond donors (Lipinski definition) is 0. The van der Waals surface area contributed by atoms with Gasteiger partial charge >= 0.3 is 0 Å². The molecule has 0 heterocycles. The molecule has 0 saturated heterocycles. The molecule has 0 spiro atoms. The first kappa shape index (κ1) is 15.7. The van der Waals surface area contributed by atoms with Crippen LogP contribution < -0.4 is 0 Å². The molecule has 0 radical (unpaired) electrons. The molecule has 0 aliphatic rings. The lowest BCUT2D eigenvalue weighted by Crippen LogP contribution is -1.89. The van der Waals surface area contributed by atoms with Gasteiger partial charge in [-0.05, 0) is 44.5 Å². The van der Waals surface area contributed by atoms with Gasteiger partial charge in [-0.15, -0.1) is 0 Å². The van der Waals surface area contributed by atoms with E-state index < -0.39 is 0 Å². The summed E-state index contributed by atoms with van der Waals surface area (Å²) in [4.78, 5) is 0. The predicted octanol–water partition coefficient (Wildman–Crippen LogP) is 7.30. The van der Waals surface area contributed by atoms with E-state index in [4.69, 9.17) is 0 Å². The molecule has 122 valence electrons. The third-order valence-corrected chi connectivity index (χ3v) is 4.87. The van der Waals surface area contributed by atoms with Crippen LogP contribution in [0.4, 0.5) is 0 Å². The standard InChI is InChI=1S/C25H22/c1-18(2)20-15-16-23-21(17-20)11-8-14-25(23)24-13-7-6-12-22(24)19-9-4-3-5-10-19/h3-18H,1-2H3. The predicted molar refractivity (Wildman–Crippen MR) is 109 cm³/mol. The van der Waals surface area contributed by atoms with E-state index in [-0.39, 0.29) is 0 Å². The minimum atomic E-state index is 0.546. The zero-order valence-corrected chi connectivity index (χ0v) is 14.7. The maximum atomic E-state index is 2.33. The van der Waals surface area contributed by atoms with Crippen molar-refractivity contribution in [1.29, 1.82) is 0 Å². The number of rotatable bonds is 3. The van der Waals surface area contributed by atoms with Crippen molar-refractivity contribution in [2.75, 3.05) is 0 Å². The van der Waals surface area contributed by atoms with Crippen molar-refractivity contribution in [3.63, 3.8) is 0 Å². The smallest absolute Gasteiger partial charge is 0.00992 e. The number of hydrogen-bond acceptors (Lipinski definition) is 0. The van der Waals surface area contributed by atoms with Gasteiger partial charge in [0.05, 0.1) is 0 Å². The van der Waals surface area contributed by atoms with Gasteiger partial charge in [-0.25, -0.2) is 0 Å². The first-order valence-corrected chi connectivity index (χ1v) is 8.91. The van der Waals surface area contributed by atoms with Crippen molar-refractivity contribution in [3.8, 4) is 22.3 Å². The Morgan fingerprint density at radius 3 is 2.00 bits per heavy atom. The molecular weight excluding hydrogens is 300 g/mol. The zero-order chi connectivity index (χ0) is 17.2. The van der Waals surface area contributed by atoms with Crippen LogP contribution in [0.1, 0.15) is 25.3 Å². The lowest BCUT2D eigenvalue weighted by atomic mass is 9.90. The van der Waals surface area contributed by atoms with Crippen molar-refractivity contribution in [3.05, 3.63) is 96.6 Å². The Kier molecular flexibility index (Phi) is 4.11. The molecule has 4 aromatic carbocycles. The first-order valence-electron chi connectivity index (χ1n) is 8.91. The molecule has 0 aromatic heterocycles. The lowest BCUT2D eigenvalue weighted by Gasteiger charge is -2.14. The Labute approximate surface area is 149 Å². The van der Waals surface area contributed by atoms with E-state index in [1.807, 2.05) is 0 Å². The normalized spacial score (nSPS) is 11.2. The Bertz CT molecular complexity index is 1010. The molecule has 0 unspecified atom stereocenters. The van der Waals surface area contributed by atoms with E-state index in [0.717, 1.165) is 0 Å². The summed E-state index contributed by atoms with van der Waals surface area (Å²) in [6, 6.07) is 32.8. The molecule has 0 saturated carbocycles. The third kappa shape index (κ3) is 2.96. The SMILES string of the molecule is CC(C)c1ccc2c(-c3ccccc3-c3ccccc3)cccc2c1. The van der Waals surface area contributed by atoms with Gasteiger partial charge in [-0.1, -0.05) is 105 Å². The lowest BCUT2D eigenvalue weighted by molar-refractivity contribution is 0.869. The monoisotopic (exact) mass is 322 g/mol. The van der Waals surface area contributed by atoms with Crippen LogP contribution >= 0.6 is 0 Å². The van der Waals surface area contributed by atoms with E-state index in [1.165, 1.54) is 38.6 Å². The van der Waals surface area contributed by atoms with Gasteiger partial charge in [0.1, 0.15) is 0 Å². The molecule has 0 aliphatic carbocycles. The summed E-state index contributed by atoms with van der Waals surface area (Å²) in [6.45, 7) is 4.49. The van der Waals surface area contributed by atoms with Gasteiger partial charge in [0, 0.05) is 0 Å². The summed E-state index contributed by atoms with van der Waals surface area (Å²) in [7, 11) is 0. The first-order chi connectivity index (χ1) is 12.2. The van der Waals surface area contributed by atoms with Crippen LogP contribution in [-0.2, 0) is 0 Å². The van der Waals surface area contributed by atoms with Crippen LogP contribution in [-0.4, -0.2) is 0 Å². The topological polar surface area (TPSA) is 0 Å². The summed E-state index contributed by atoms with van der Waals surface area (Å²) in [6.07, 6.45) is 0. The molecule has 0 fully saturated rings. The minimum absolute atomic E-state index is 0.546. The summed E-state index contributed by atoms with van der Waals surface area (Å²) in [5.74, 6) is 0.546. The highest BCUT2D eigenvalue weighted by molar-refractivity contribution is 6.00. The highest BCUT2D eigenvalue weighted by Crippen LogP contribution is 2.36. The highest BCUT2D eigenvalue weighted by Gasteiger charge is 2.10. The van der Waals surface area contributed by atoms with Gasteiger partial charge in [0.2, 0.25) is 0 Å². The van der Waals surface area contributed by atoms with Crippen molar-refractivity contribution < 1.29 is 0 Å². The van der Waals surface area contributed by atoms with Crippen LogP contribution in [0.15, 0.2) is 91.0 Å². The second kappa shape index (κ2) is 6.57. The van der Waals surface area contributed by atoms with Gasteiger partial charge < -0.3 is 0 Å². The maximum absolute atomic E-state index is 2.33. The number of benzene rings is 4.